The molecule has 0 unspecified atom stereocenters. The van der Waals surface area contributed by atoms with Crippen molar-refractivity contribution in [3.05, 3.63) is 72.3 Å². The van der Waals surface area contributed by atoms with Crippen LogP contribution in [0.5, 0.6) is 0 Å². The van der Waals surface area contributed by atoms with Gasteiger partial charge in [-0.05, 0) is 33.9 Å². The molecule has 0 heterocycles. The second kappa shape index (κ2) is 6.02. The molecule has 0 saturated carbocycles. The summed E-state index contributed by atoms with van der Waals surface area (Å²) < 4.78 is 0. The van der Waals surface area contributed by atoms with E-state index in [1.807, 2.05) is 55.5 Å². The van der Waals surface area contributed by atoms with Crippen molar-refractivity contribution < 1.29 is 9.90 Å². The molecule has 0 aromatic heterocycles. The highest BCUT2D eigenvalue weighted by molar-refractivity contribution is 6.00. The zero-order valence-electron chi connectivity index (χ0n) is 12.5. The maximum atomic E-state index is 11.5. The number of carbonyl (C=O) groups is 1. The molecule has 1 atom stereocenters. The number of benzene rings is 3. The summed E-state index contributed by atoms with van der Waals surface area (Å²) in [6.07, 6.45) is 0.587. The van der Waals surface area contributed by atoms with Gasteiger partial charge in [0.15, 0.2) is 0 Å². The second-order valence-corrected chi connectivity index (χ2v) is 5.41. The number of aliphatic carboxylic acids is 1. The van der Waals surface area contributed by atoms with Gasteiger partial charge in [-0.2, -0.15) is 0 Å². The van der Waals surface area contributed by atoms with Gasteiger partial charge >= 0.3 is 5.97 Å². The van der Waals surface area contributed by atoms with Gasteiger partial charge in [-0.1, -0.05) is 73.7 Å². The lowest BCUT2D eigenvalue weighted by molar-refractivity contribution is -0.138. The van der Waals surface area contributed by atoms with E-state index in [1.165, 1.54) is 0 Å². The van der Waals surface area contributed by atoms with Gasteiger partial charge in [0.2, 0.25) is 0 Å². The van der Waals surface area contributed by atoms with Gasteiger partial charge in [0.05, 0.1) is 5.92 Å². The number of hydrogen-bond donors (Lipinski definition) is 1. The lowest BCUT2D eigenvalue weighted by Gasteiger charge is -2.16. The Morgan fingerprint density at radius 2 is 1.55 bits per heavy atom. The molecule has 0 spiro atoms. The van der Waals surface area contributed by atoms with Crippen molar-refractivity contribution >= 4 is 16.7 Å². The molecule has 1 N–H and O–H groups in total. The average Bonchev–Trinajstić information content (AvgIpc) is 2.56. The van der Waals surface area contributed by atoms with Crippen LogP contribution in [0.25, 0.3) is 21.9 Å². The van der Waals surface area contributed by atoms with Crippen molar-refractivity contribution in [1.82, 2.24) is 0 Å². The molecular weight excluding hydrogens is 272 g/mol. The van der Waals surface area contributed by atoms with E-state index in [4.69, 9.17) is 0 Å². The van der Waals surface area contributed by atoms with Crippen LogP contribution in [-0.2, 0) is 4.79 Å². The molecule has 0 fully saturated rings. The molecule has 110 valence electrons. The first-order valence-corrected chi connectivity index (χ1v) is 7.52. The Morgan fingerprint density at radius 1 is 0.909 bits per heavy atom. The quantitative estimate of drug-likeness (QED) is 0.727. The summed E-state index contributed by atoms with van der Waals surface area (Å²) in [5.74, 6) is -1.23. The summed E-state index contributed by atoms with van der Waals surface area (Å²) in [7, 11) is 0. The highest BCUT2D eigenvalue weighted by Crippen LogP contribution is 2.34. The van der Waals surface area contributed by atoms with E-state index in [0.29, 0.717) is 6.42 Å². The molecule has 0 saturated heterocycles. The van der Waals surface area contributed by atoms with Crippen LogP contribution in [0.4, 0.5) is 0 Å². The topological polar surface area (TPSA) is 37.3 Å². The van der Waals surface area contributed by atoms with E-state index in [2.05, 4.69) is 18.2 Å². The summed E-state index contributed by atoms with van der Waals surface area (Å²) in [6, 6.07) is 22.2. The number of hydrogen-bond acceptors (Lipinski definition) is 1. The Kier molecular flexibility index (Phi) is 3.92. The Morgan fingerprint density at radius 3 is 2.18 bits per heavy atom. The molecule has 22 heavy (non-hydrogen) atoms. The van der Waals surface area contributed by atoms with E-state index in [-0.39, 0.29) is 0 Å². The van der Waals surface area contributed by atoms with Crippen molar-refractivity contribution in [2.24, 2.45) is 0 Å². The third kappa shape index (κ3) is 2.48. The summed E-state index contributed by atoms with van der Waals surface area (Å²) in [5.41, 5.74) is 3.18. The number of fused-ring (bicyclic) bond motifs is 1. The van der Waals surface area contributed by atoms with E-state index in [9.17, 15) is 9.90 Å². The van der Waals surface area contributed by atoms with Crippen LogP contribution in [0.3, 0.4) is 0 Å². The third-order valence-electron chi connectivity index (χ3n) is 4.12. The fraction of sp³-hybridized carbons (Fsp3) is 0.150. The summed E-state index contributed by atoms with van der Waals surface area (Å²) in [4.78, 5) is 11.5. The second-order valence-electron chi connectivity index (χ2n) is 5.41. The normalized spacial score (nSPS) is 12.2. The first kappa shape index (κ1) is 14.3. The average molecular weight is 290 g/mol. The molecule has 0 aliphatic carbocycles. The number of rotatable bonds is 4. The van der Waals surface area contributed by atoms with Gasteiger partial charge in [-0.25, -0.2) is 0 Å². The molecule has 0 amide bonds. The van der Waals surface area contributed by atoms with Crippen molar-refractivity contribution in [2.75, 3.05) is 0 Å². The Labute approximate surface area is 130 Å². The van der Waals surface area contributed by atoms with Gasteiger partial charge in [0.1, 0.15) is 0 Å². The van der Waals surface area contributed by atoms with Crippen molar-refractivity contribution in [3.63, 3.8) is 0 Å². The molecule has 0 radical (unpaired) electrons. The lowest BCUT2D eigenvalue weighted by atomic mass is 9.88. The smallest absolute Gasteiger partial charge is 0.310 e. The van der Waals surface area contributed by atoms with E-state index >= 15 is 0 Å². The molecule has 0 aliphatic rings. The molecule has 0 aliphatic heterocycles. The van der Waals surface area contributed by atoms with Crippen molar-refractivity contribution in [2.45, 2.75) is 19.3 Å². The van der Waals surface area contributed by atoms with Crippen LogP contribution >= 0.6 is 0 Å². The van der Waals surface area contributed by atoms with Crippen LogP contribution in [0, 0.1) is 0 Å². The van der Waals surface area contributed by atoms with Gasteiger partial charge in [0, 0.05) is 0 Å². The first-order valence-electron chi connectivity index (χ1n) is 7.52. The van der Waals surface area contributed by atoms with Gasteiger partial charge in [-0.15, -0.1) is 0 Å². The van der Waals surface area contributed by atoms with Crippen LogP contribution in [0.2, 0.25) is 0 Å². The summed E-state index contributed by atoms with van der Waals surface area (Å²) >= 11 is 0. The number of carboxylic acid groups (broad SMARTS) is 1. The highest BCUT2D eigenvalue weighted by Gasteiger charge is 2.20. The lowest BCUT2D eigenvalue weighted by Crippen LogP contribution is -2.11. The molecular formula is C20H18O2. The highest BCUT2D eigenvalue weighted by atomic mass is 16.4. The predicted octanol–water partition coefficient (Wildman–Crippen LogP) is 5.09. The number of carboxylic acids is 1. The Hall–Kier alpha value is -2.61. The monoisotopic (exact) mass is 290 g/mol. The van der Waals surface area contributed by atoms with E-state index in [1.54, 1.807) is 0 Å². The van der Waals surface area contributed by atoms with Crippen LogP contribution in [-0.4, -0.2) is 11.1 Å². The Balaban J connectivity index is 2.26. The molecule has 3 aromatic carbocycles. The zero-order chi connectivity index (χ0) is 15.5. The minimum Gasteiger partial charge on any atom is -0.481 e. The summed E-state index contributed by atoms with van der Waals surface area (Å²) in [6.45, 7) is 1.92. The fourth-order valence-corrected chi connectivity index (χ4v) is 3.02. The SMILES string of the molecule is CC[C@@H](C(=O)O)c1ccc(-c2ccccc2)c2ccccc12. The third-order valence-corrected chi connectivity index (χ3v) is 4.12. The molecule has 2 nitrogen and oxygen atoms in total. The maximum absolute atomic E-state index is 11.5. The largest absolute Gasteiger partial charge is 0.481 e. The standard InChI is InChI=1S/C20H18O2/c1-2-15(20(21)22)19-13-12-16(14-8-4-3-5-9-14)17-10-6-7-11-18(17)19/h3-13,15H,2H2,1H3,(H,21,22)/t15-/m1/s1. The van der Waals surface area contributed by atoms with Crippen LogP contribution in [0.1, 0.15) is 24.8 Å². The fourth-order valence-electron chi connectivity index (χ4n) is 3.02. The molecule has 0 bridgehead atoms. The van der Waals surface area contributed by atoms with Crippen molar-refractivity contribution in [3.8, 4) is 11.1 Å². The van der Waals surface area contributed by atoms with Gasteiger partial charge in [-0.3, -0.25) is 4.79 Å². The maximum Gasteiger partial charge on any atom is 0.310 e. The van der Waals surface area contributed by atoms with Crippen LogP contribution < -0.4 is 0 Å². The summed E-state index contributed by atoms with van der Waals surface area (Å²) in [5, 5.41) is 11.6. The minimum absolute atomic E-state index is 0.463. The van der Waals surface area contributed by atoms with E-state index < -0.39 is 11.9 Å². The Bertz CT molecular complexity index is 806. The van der Waals surface area contributed by atoms with E-state index in [0.717, 1.165) is 27.5 Å². The molecule has 3 rings (SSSR count). The van der Waals surface area contributed by atoms with Gasteiger partial charge < -0.3 is 5.11 Å². The minimum atomic E-state index is -0.764. The molecule has 2 heteroatoms. The first-order chi connectivity index (χ1) is 10.7. The molecule has 3 aromatic rings. The van der Waals surface area contributed by atoms with Crippen molar-refractivity contribution in [1.29, 1.82) is 0 Å². The van der Waals surface area contributed by atoms with Gasteiger partial charge in [0.25, 0.3) is 0 Å². The van der Waals surface area contributed by atoms with Crippen LogP contribution in [0.15, 0.2) is 66.7 Å². The zero-order valence-corrected chi connectivity index (χ0v) is 12.5. The predicted molar refractivity (Wildman–Crippen MR) is 90.1 cm³/mol.